The number of hydrogen-bond acceptors (Lipinski definition) is 1. The van der Waals surface area contributed by atoms with Crippen molar-refractivity contribution in [2.75, 3.05) is 0 Å². The van der Waals surface area contributed by atoms with E-state index in [9.17, 15) is 4.79 Å². The normalized spacial score (nSPS) is 12.8. The van der Waals surface area contributed by atoms with Crippen LogP contribution in [0.15, 0.2) is 10.9 Å². The van der Waals surface area contributed by atoms with E-state index in [4.69, 9.17) is 0 Å². The lowest BCUT2D eigenvalue weighted by molar-refractivity contribution is 0.507. The minimum absolute atomic E-state index is 0.0377. The number of aromatic nitrogens is 1. The highest BCUT2D eigenvalue weighted by atomic mass is 16.1. The SMILES string of the molecule is CCCCc1cc(=O)c(C(C)(C)C)c(C(C)(C)C)[nH]1. The zero-order valence-electron chi connectivity index (χ0n) is 13.6. The van der Waals surface area contributed by atoms with E-state index >= 15 is 0 Å². The third-order valence-electron chi connectivity index (χ3n) is 3.39. The first-order valence-corrected chi connectivity index (χ1v) is 7.34. The third-order valence-corrected chi connectivity index (χ3v) is 3.39. The first kappa shape index (κ1) is 16.0. The highest BCUT2D eigenvalue weighted by molar-refractivity contribution is 5.34. The molecule has 0 fully saturated rings. The lowest BCUT2D eigenvalue weighted by atomic mass is 9.78. The molecule has 0 aliphatic carbocycles. The van der Waals surface area contributed by atoms with Gasteiger partial charge in [0.2, 0.25) is 0 Å². The fraction of sp³-hybridized carbons (Fsp3) is 0.706. The van der Waals surface area contributed by atoms with E-state index in [0.29, 0.717) is 0 Å². The van der Waals surface area contributed by atoms with Gasteiger partial charge in [-0.1, -0.05) is 54.9 Å². The van der Waals surface area contributed by atoms with Crippen LogP contribution >= 0.6 is 0 Å². The number of hydrogen-bond donors (Lipinski definition) is 1. The van der Waals surface area contributed by atoms with Crippen molar-refractivity contribution in [3.8, 4) is 0 Å². The standard InChI is InChI=1S/C17H29NO/c1-8-9-10-12-11-13(19)14(16(2,3)4)15(18-12)17(5,6)7/h11H,8-10H2,1-7H3,(H,18,19). The molecule has 0 atom stereocenters. The van der Waals surface area contributed by atoms with Gasteiger partial charge in [-0.25, -0.2) is 0 Å². The van der Waals surface area contributed by atoms with Gasteiger partial charge in [0.05, 0.1) is 0 Å². The zero-order chi connectivity index (χ0) is 14.8. The molecule has 0 spiro atoms. The first-order chi connectivity index (χ1) is 8.57. The molecule has 0 radical (unpaired) electrons. The molecule has 0 unspecified atom stereocenters. The molecule has 1 heterocycles. The predicted molar refractivity (Wildman–Crippen MR) is 83.1 cm³/mol. The Bertz CT molecular complexity index is 483. The fourth-order valence-electron chi connectivity index (χ4n) is 2.42. The van der Waals surface area contributed by atoms with Crippen LogP contribution < -0.4 is 5.43 Å². The summed E-state index contributed by atoms with van der Waals surface area (Å²) in [7, 11) is 0. The Morgan fingerprint density at radius 2 is 1.63 bits per heavy atom. The number of H-pyrrole nitrogens is 1. The molecule has 108 valence electrons. The molecule has 0 aliphatic heterocycles. The van der Waals surface area contributed by atoms with Crippen LogP contribution in [0, 0.1) is 0 Å². The lowest BCUT2D eigenvalue weighted by Gasteiger charge is -2.29. The second-order valence-corrected chi connectivity index (χ2v) is 7.51. The van der Waals surface area contributed by atoms with E-state index in [2.05, 4.69) is 53.5 Å². The van der Waals surface area contributed by atoms with Gasteiger partial charge in [0.1, 0.15) is 0 Å². The van der Waals surface area contributed by atoms with Crippen molar-refractivity contribution in [3.05, 3.63) is 33.2 Å². The van der Waals surface area contributed by atoms with Crippen LogP contribution in [0.3, 0.4) is 0 Å². The summed E-state index contributed by atoms with van der Waals surface area (Å²) in [4.78, 5) is 16.0. The molecule has 1 N–H and O–H groups in total. The molecule has 1 rings (SSSR count). The average molecular weight is 263 g/mol. The number of nitrogens with one attached hydrogen (secondary N) is 1. The van der Waals surface area contributed by atoms with Gasteiger partial charge in [-0.3, -0.25) is 4.79 Å². The number of aromatic amines is 1. The van der Waals surface area contributed by atoms with E-state index in [1.807, 2.05) is 0 Å². The maximum Gasteiger partial charge on any atom is 0.185 e. The second-order valence-electron chi connectivity index (χ2n) is 7.51. The molecule has 0 saturated carbocycles. The first-order valence-electron chi connectivity index (χ1n) is 7.34. The van der Waals surface area contributed by atoms with Crippen LogP contribution in [0.4, 0.5) is 0 Å². The van der Waals surface area contributed by atoms with E-state index < -0.39 is 0 Å². The average Bonchev–Trinajstić information content (AvgIpc) is 2.22. The van der Waals surface area contributed by atoms with Crippen LogP contribution in [0.2, 0.25) is 0 Å². The zero-order valence-corrected chi connectivity index (χ0v) is 13.6. The quantitative estimate of drug-likeness (QED) is 0.866. The number of rotatable bonds is 3. The smallest absolute Gasteiger partial charge is 0.185 e. The van der Waals surface area contributed by atoms with Crippen molar-refractivity contribution in [2.45, 2.75) is 78.6 Å². The maximum absolute atomic E-state index is 12.5. The second kappa shape index (κ2) is 5.52. The molecule has 2 nitrogen and oxygen atoms in total. The van der Waals surface area contributed by atoms with Crippen LogP contribution in [0.25, 0.3) is 0 Å². The Kier molecular flexibility index (Phi) is 4.65. The molecule has 19 heavy (non-hydrogen) atoms. The summed E-state index contributed by atoms with van der Waals surface area (Å²) in [5.41, 5.74) is 3.12. The van der Waals surface area contributed by atoms with E-state index in [1.165, 1.54) is 0 Å². The summed E-state index contributed by atoms with van der Waals surface area (Å²) < 4.78 is 0. The van der Waals surface area contributed by atoms with Gasteiger partial charge >= 0.3 is 0 Å². The molecule has 0 saturated heterocycles. The molecule has 0 bridgehead atoms. The molecule has 0 aromatic carbocycles. The Balaban J connectivity index is 3.45. The van der Waals surface area contributed by atoms with Crippen molar-refractivity contribution < 1.29 is 0 Å². The summed E-state index contributed by atoms with van der Waals surface area (Å²) in [6, 6.07) is 1.80. The van der Waals surface area contributed by atoms with Crippen molar-refractivity contribution >= 4 is 0 Å². The Labute approximate surface area is 117 Å². The third kappa shape index (κ3) is 3.95. The number of unbranched alkanes of at least 4 members (excludes halogenated alkanes) is 1. The molecular weight excluding hydrogens is 234 g/mol. The van der Waals surface area contributed by atoms with Crippen molar-refractivity contribution in [3.63, 3.8) is 0 Å². The van der Waals surface area contributed by atoms with Crippen LogP contribution in [0.1, 0.15) is 78.3 Å². The highest BCUT2D eigenvalue weighted by Crippen LogP contribution is 2.30. The highest BCUT2D eigenvalue weighted by Gasteiger charge is 2.28. The number of aryl methyl sites for hydroxylation is 1. The molecule has 1 aromatic heterocycles. The Morgan fingerprint density at radius 3 is 2.05 bits per heavy atom. The fourth-order valence-corrected chi connectivity index (χ4v) is 2.42. The van der Waals surface area contributed by atoms with E-state index in [0.717, 1.165) is 36.2 Å². The minimum Gasteiger partial charge on any atom is -0.361 e. The largest absolute Gasteiger partial charge is 0.361 e. The van der Waals surface area contributed by atoms with E-state index in [-0.39, 0.29) is 16.3 Å². The molecule has 0 aliphatic rings. The minimum atomic E-state index is -0.126. The molecule has 0 amide bonds. The summed E-state index contributed by atoms with van der Waals surface area (Å²) in [6.45, 7) is 15.0. The lowest BCUT2D eigenvalue weighted by Crippen LogP contribution is -2.31. The molecule has 1 aromatic rings. The van der Waals surface area contributed by atoms with Crippen molar-refractivity contribution in [1.82, 2.24) is 4.98 Å². The summed E-state index contributed by atoms with van der Waals surface area (Å²) in [5, 5.41) is 0. The molecular formula is C17H29NO. The van der Waals surface area contributed by atoms with Gasteiger partial charge in [-0.2, -0.15) is 0 Å². The molecule has 2 heteroatoms. The number of pyridine rings is 1. The van der Waals surface area contributed by atoms with Crippen molar-refractivity contribution in [1.29, 1.82) is 0 Å². The Morgan fingerprint density at radius 1 is 1.05 bits per heavy atom. The van der Waals surface area contributed by atoms with E-state index in [1.54, 1.807) is 6.07 Å². The predicted octanol–water partition coefficient (Wildman–Crippen LogP) is 4.31. The summed E-state index contributed by atoms with van der Waals surface area (Å²) >= 11 is 0. The van der Waals surface area contributed by atoms with Gasteiger partial charge in [-0.15, -0.1) is 0 Å². The monoisotopic (exact) mass is 263 g/mol. The van der Waals surface area contributed by atoms with Gasteiger partial charge in [0.15, 0.2) is 5.43 Å². The van der Waals surface area contributed by atoms with Crippen molar-refractivity contribution in [2.24, 2.45) is 0 Å². The van der Waals surface area contributed by atoms with Gasteiger partial charge < -0.3 is 4.98 Å². The summed E-state index contributed by atoms with van der Waals surface area (Å²) in [6.07, 6.45) is 3.22. The topological polar surface area (TPSA) is 32.9 Å². The van der Waals surface area contributed by atoms with Crippen LogP contribution in [0.5, 0.6) is 0 Å². The van der Waals surface area contributed by atoms with Gasteiger partial charge in [0.25, 0.3) is 0 Å². The summed E-state index contributed by atoms with van der Waals surface area (Å²) in [5.74, 6) is 0. The van der Waals surface area contributed by atoms with Crippen LogP contribution in [-0.2, 0) is 17.3 Å². The maximum atomic E-state index is 12.5. The van der Waals surface area contributed by atoms with Gasteiger partial charge in [-0.05, 0) is 18.3 Å². The Hall–Kier alpha value is -1.05. The van der Waals surface area contributed by atoms with Gasteiger partial charge in [0, 0.05) is 28.4 Å². The van der Waals surface area contributed by atoms with Crippen LogP contribution in [-0.4, -0.2) is 4.98 Å².